The number of hydrogen-bond acceptors (Lipinski definition) is 2. The molecule has 0 radical (unpaired) electrons. The summed E-state index contributed by atoms with van der Waals surface area (Å²) in [6, 6.07) is 0. The van der Waals surface area contributed by atoms with Crippen molar-refractivity contribution in [1.82, 2.24) is 0 Å². The lowest BCUT2D eigenvalue weighted by Crippen LogP contribution is -1.84. The normalized spacial score (nSPS) is 12.2. The monoisotopic (exact) mass is 165 g/mol. The van der Waals surface area contributed by atoms with Crippen molar-refractivity contribution in [2.24, 2.45) is 0 Å². The summed E-state index contributed by atoms with van der Waals surface area (Å²) in [6.07, 6.45) is 4.90. The first kappa shape index (κ1) is 9.48. The van der Waals surface area contributed by atoms with Crippen molar-refractivity contribution in [3.05, 3.63) is 0 Å². The molecule has 1 unspecified atom stereocenters. The maximum absolute atomic E-state index is 5.32. The van der Waals surface area contributed by atoms with Crippen LogP contribution in [0.1, 0.15) is 20.8 Å². The van der Waals surface area contributed by atoms with Crippen molar-refractivity contribution in [1.29, 1.82) is 0 Å². The predicted molar refractivity (Wildman–Crippen MR) is 48.4 cm³/mol. The van der Waals surface area contributed by atoms with Gasteiger partial charge in [0.25, 0.3) is 7.77 Å². The summed E-state index contributed by atoms with van der Waals surface area (Å²) in [5.41, 5.74) is 0. The Balaban J connectivity index is 3.17. The van der Waals surface area contributed by atoms with E-state index in [1.54, 1.807) is 0 Å². The largest absolute Gasteiger partial charge is 0.263 e. The first-order valence-corrected chi connectivity index (χ1v) is 5.51. The smallest absolute Gasteiger partial charge is 0.111 e. The Kier molecular flexibility index (Phi) is 5.56. The molecule has 1 nitrogen and oxygen atoms in total. The van der Waals surface area contributed by atoms with Gasteiger partial charge in [0.05, 0.1) is 12.0 Å². The zero-order valence-corrected chi connectivity index (χ0v) is 7.97. The fraction of sp³-hybridized carbons (Fsp3) is 0.833. The maximum Gasteiger partial charge on any atom is 0.263 e. The van der Waals surface area contributed by atoms with Crippen molar-refractivity contribution in [2.75, 3.05) is 6.16 Å². The van der Waals surface area contributed by atoms with Gasteiger partial charge in [0, 0.05) is 5.25 Å². The van der Waals surface area contributed by atoms with Gasteiger partial charge in [-0.2, -0.15) is 0 Å². The Hall–Kier alpha value is 0.480. The fourth-order valence-electron chi connectivity index (χ4n) is 0.200. The van der Waals surface area contributed by atoms with Gasteiger partial charge < -0.3 is 0 Å². The van der Waals surface area contributed by atoms with E-state index in [1.807, 2.05) is 0 Å². The van der Waals surface area contributed by atoms with Crippen LogP contribution in [0.5, 0.6) is 0 Å². The first-order chi connectivity index (χ1) is 4.16. The van der Waals surface area contributed by atoms with E-state index in [0.29, 0.717) is 5.25 Å². The Morgan fingerprint density at radius 1 is 1.67 bits per heavy atom. The summed E-state index contributed by atoms with van der Waals surface area (Å²) in [7, 11) is -0.398. The minimum Gasteiger partial charge on any atom is -0.111 e. The summed E-state index contributed by atoms with van der Waals surface area (Å²) in [5.74, 6) is 0. The van der Waals surface area contributed by atoms with Crippen molar-refractivity contribution in [3.8, 4) is 0 Å². The highest BCUT2D eigenvalue weighted by Crippen LogP contribution is 2.29. The molecule has 0 saturated heterocycles. The third kappa shape index (κ3) is 6.36. The van der Waals surface area contributed by atoms with E-state index in [-0.39, 0.29) is 0 Å². The second-order valence-electron chi connectivity index (χ2n) is 2.02. The van der Waals surface area contributed by atoms with Crippen molar-refractivity contribution in [3.63, 3.8) is 0 Å². The Morgan fingerprint density at radius 2 is 2.22 bits per heavy atom. The third-order valence-electron chi connectivity index (χ3n) is 0.694. The van der Waals surface area contributed by atoms with Gasteiger partial charge in [-0.1, -0.05) is 13.8 Å². The molecule has 0 spiro atoms. The molecular weight excluding hydrogens is 151 g/mol. The molecule has 0 aromatic rings. The SMILES string of the molecule is C=[P+](CC)OSC(C)C. The second-order valence-corrected chi connectivity index (χ2v) is 5.35. The van der Waals surface area contributed by atoms with Gasteiger partial charge >= 0.3 is 0 Å². The van der Waals surface area contributed by atoms with Crippen LogP contribution in [-0.4, -0.2) is 17.7 Å². The molecule has 0 amide bonds. The van der Waals surface area contributed by atoms with Gasteiger partial charge in [-0.25, -0.2) is 0 Å². The topological polar surface area (TPSA) is 9.23 Å². The molecule has 54 valence electrons. The van der Waals surface area contributed by atoms with Crippen LogP contribution in [0.4, 0.5) is 0 Å². The van der Waals surface area contributed by atoms with E-state index >= 15 is 0 Å². The standard InChI is InChI=1S/C6H14OPS/c1-5-8(4)7-9-6(2)3/h6H,4-5H2,1-3H3/q+1. The molecule has 0 aliphatic heterocycles. The molecule has 0 saturated carbocycles. The molecule has 0 fully saturated rings. The second kappa shape index (κ2) is 5.28. The summed E-state index contributed by atoms with van der Waals surface area (Å²) in [6.45, 7) is 6.33. The summed E-state index contributed by atoms with van der Waals surface area (Å²) < 4.78 is 5.32. The van der Waals surface area contributed by atoms with E-state index in [0.717, 1.165) is 6.16 Å². The average Bonchev–Trinajstić information content (AvgIpc) is 1.83. The highest BCUT2D eigenvalue weighted by atomic mass is 32.2. The van der Waals surface area contributed by atoms with Crippen LogP contribution in [0.3, 0.4) is 0 Å². The van der Waals surface area contributed by atoms with Crippen LogP contribution < -0.4 is 0 Å². The molecule has 0 heterocycles. The van der Waals surface area contributed by atoms with Gasteiger partial charge in [-0.15, -0.1) is 3.97 Å². The van der Waals surface area contributed by atoms with Gasteiger partial charge in [-0.3, -0.25) is 0 Å². The Morgan fingerprint density at radius 3 is 2.56 bits per heavy atom. The van der Waals surface area contributed by atoms with Crippen LogP contribution in [0.25, 0.3) is 0 Å². The highest BCUT2D eigenvalue weighted by Gasteiger charge is 2.05. The molecular formula is C6H14OPS+. The minimum atomic E-state index is -0.398. The molecule has 3 heteroatoms. The fourth-order valence-corrected chi connectivity index (χ4v) is 1.80. The molecule has 0 rings (SSSR count). The van der Waals surface area contributed by atoms with Crippen molar-refractivity contribution in [2.45, 2.75) is 26.0 Å². The molecule has 0 N–H and O–H groups in total. The zero-order valence-electron chi connectivity index (χ0n) is 6.26. The van der Waals surface area contributed by atoms with Crippen molar-refractivity contribution >= 4 is 26.1 Å². The van der Waals surface area contributed by atoms with Crippen molar-refractivity contribution < 1.29 is 3.97 Å². The lowest BCUT2D eigenvalue weighted by Gasteiger charge is -1.95. The summed E-state index contributed by atoms with van der Waals surface area (Å²) in [5, 5.41) is 0.559. The van der Waals surface area contributed by atoms with E-state index in [9.17, 15) is 0 Å². The quantitative estimate of drug-likeness (QED) is 0.468. The van der Waals surface area contributed by atoms with Crippen LogP contribution >= 0.6 is 19.8 Å². The summed E-state index contributed by atoms with van der Waals surface area (Å²) in [4.78, 5) is 0. The molecule has 9 heavy (non-hydrogen) atoms. The summed E-state index contributed by atoms with van der Waals surface area (Å²) >= 11 is 1.53. The van der Waals surface area contributed by atoms with Crippen LogP contribution in [0, 0.1) is 0 Å². The molecule has 0 aliphatic carbocycles. The average molecular weight is 165 g/mol. The molecule has 0 bridgehead atoms. The minimum absolute atomic E-state index is 0.398. The Labute approximate surface area is 62.9 Å². The number of rotatable bonds is 4. The van der Waals surface area contributed by atoms with Crippen LogP contribution in [0.15, 0.2) is 0 Å². The lowest BCUT2D eigenvalue weighted by molar-refractivity contribution is 0.725. The number of hydrogen-bond donors (Lipinski definition) is 0. The van der Waals surface area contributed by atoms with E-state index in [1.165, 1.54) is 12.0 Å². The van der Waals surface area contributed by atoms with Gasteiger partial charge in [0.2, 0.25) is 0 Å². The molecule has 0 aromatic heterocycles. The van der Waals surface area contributed by atoms with Gasteiger partial charge in [-0.05, 0) is 6.92 Å². The van der Waals surface area contributed by atoms with E-state index in [4.69, 9.17) is 3.97 Å². The third-order valence-corrected chi connectivity index (χ3v) is 2.97. The van der Waals surface area contributed by atoms with E-state index in [2.05, 4.69) is 27.1 Å². The van der Waals surface area contributed by atoms with Crippen LogP contribution in [-0.2, 0) is 3.97 Å². The lowest BCUT2D eigenvalue weighted by atomic mass is 10.6. The molecule has 1 atom stereocenters. The Bertz CT molecular complexity index is 93.1. The molecule has 0 aromatic carbocycles. The van der Waals surface area contributed by atoms with Gasteiger partial charge in [0.1, 0.15) is 12.5 Å². The highest BCUT2D eigenvalue weighted by molar-refractivity contribution is 7.98. The van der Waals surface area contributed by atoms with Gasteiger partial charge in [0.15, 0.2) is 0 Å². The van der Waals surface area contributed by atoms with E-state index < -0.39 is 7.77 Å². The first-order valence-electron chi connectivity index (χ1n) is 3.08. The molecule has 0 aliphatic rings. The maximum atomic E-state index is 5.32. The van der Waals surface area contributed by atoms with Crippen LogP contribution in [0.2, 0.25) is 0 Å². The predicted octanol–water partition coefficient (Wildman–Crippen LogP) is 2.91. The zero-order chi connectivity index (χ0) is 7.28.